The zero-order valence-electron chi connectivity index (χ0n) is 20.5. The summed E-state index contributed by atoms with van der Waals surface area (Å²) in [6.45, 7) is 1.80. The van der Waals surface area contributed by atoms with E-state index in [0.29, 0.717) is 36.3 Å². The van der Waals surface area contributed by atoms with Crippen LogP contribution in [0.5, 0.6) is 6.01 Å². The average molecular weight is 561 g/mol. The number of nitrogen functional groups attached to an aromatic ring is 1. The Hall–Kier alpha value is -3.15. The largest absolute Gasteiger partial charge is 0.462 e. The van der Waals surface area contributed by atoms with Crippen molar-refractivity contribution in [1.29, 1.82) is 0 Å². The zero-order chi connectivity index (χ0) is 26.6. The summed E-state index contributed by atoms with van der Waals surface area (Å²) in [5, 5.41) is 0.544. The molecule has 4 aromatic rings. The summed E-state index contributed by atoms with van der Waals surface area (Å²) in [5.74, 6) is -1.20. The number of nitrogens with two attached hydrogens (primary N) is 1. The lowest BCUT2D eigenvalue weighted by Crippen LogP contribution is -2.32. The molecule has 2 N–H and O–H groups in total. The number of thiazole rings is 1. The summed E-state index contributed by atoms with van der Waals surface area (Å²) >= 11 is 7.62. The highest BCUT2D eigenvalue weighted by atomic mass is 35.5. The predicted octanol–water partition coefficient (Wildman–Crippen LogP) is 5.96. The fourth-order valence-electron chi connectivity index (χ4n) is 5.15. The van der Waals surface area contributed by atoms with Crippen molar-refractivity contribution in [3.05, 3.63) is 46.8 Å². The molecular weight excluding hydrogens is 537 g/mol. The van der Waals surface area contributed by atoms with Gasteiger partial charge in [-0.25, -0.2) is 18.2 Å². The first kappa shape index (κ1) is 25.1. The highest BCUT2D eigenvalue weighted by Crippen LogP contribution is 2.42. The van der Waals surface area contributed by atoms with E-state index in [-0.39, 0.29) is 55.9 Å². The summed E-state index contributed by atoms with van der Waals surface area (Å²) < 4.78 is 51.2. The van der Waals surface area contributed by atoms with Gasteiger partial charge in [0.05, 0.1) is 21.8 Å². The van der Waals surface area contributed by atoms with Crippen molar-refractivity contribution in [3.63, 3.8) is 0 Å². The van der Waals surface area contributed by atoms with Crippen LogP contribution in [0.15, 0.2) is 30.1 Å². The first-order valence-corrected chi connectivity index (χ1v) is 13.5. The number of aromatic nitrogens is 3. The van der Waals surface area contributed by atoms with Gasteiger partial charge in [-0.1, -0.05) is 22.9 Å². The van der Waals surface area contributed by atoms with Crippen molar-refractivity contribution >= 4 is 55.0 Å². The number of anilines is 2. The third-order valence-electron chi connectivity index (χ3n) is 7.11. The second-order valence-corrected chi connectivity index (χ2v) is 11.0. The summed E-state index contributed by atoms with van der Waals surface area (Å²) in [5.41, 5.74) is 6.33. The van der Waals surface area contributed by atoms with Gasteiger partial charge in [0, 0.05) is 29.1 Å². The number of ether oxygens (including phenoxy) is 1. The summed E-state index contributed by atoms with van der Waals surface area (Å²) in [6, 6.07) is 4.40. The number of hydrogen-bond donors (Lipinski definition) is 1. The molecule has 0 amide bonds. The molecule has 2 aromatic heterocycles. The van der Waals surface area contributed by atoms with Crippen LogP contribution in [0.2, 0.25) is 5.02 Å². The minimum atomic E-state index is -0.730. The summed E-state index contributed by atoms with van der Waals surface area (Å²) in [7, 11) is 2.03. The van der Waals surface area contributed by atoms with Gasteiger partial charge < -0.3 is 20.3 Å². The molecule has 6 rings (SSSR count). The molecule has 2 aromatic carbocycles. The Morgan fingerprint density at radius 2 is 2.00 bits per heavy atom. The number of hydrogen-bond acceptors (Lipinski definition) is 8. The third kappa shape index (κ3) is 4.42. The molecule has 12 heteroatoms. The Bertz CT molecular complexity index is 1600. The molecule has 4 heterocycles. The molecule has 0 aliphatic carbocycles. The van der Waals surface area contributed by atoms with Gasteiger partial charge in [-0.2, -0.15) is 9.97 Å². The number of nitrogens with zero attached hydrogens (tertiary/aromatic N) is 5. The van der Waals surface area contributed by atoms with Gasteiger partial charge in [0.2, 0.25) is 0 Å². The van der Waals surface area contributed by atoms with Crippen molar-refractivity contribution in [2.75, 3.05) is 43.9 Å². The van der Waals surface area contributed by atoms with E-state index in [1.165, 1.54) is 18.2 Å². The summed E-state index contributed by atoms with van der Waals surface area (Å²) in [4.78, 5) is 17.1. The Labute approximate surface area is 225 Å². The van der Waals surface area contributed by atoms with E-state index < -0.39 is 11.6 Å². The molecule has 0 spiro atoms. The highest BCUT2D eigenvalue weighted by Gasteiger charge is 2.27. The molecule has 1 unspecified atom stereocenters. The first-order chi connectivity index (χ1) is 18.3. The minimum absolute atomic E-state index is 0.00269. The quantitative estimate of drug-likeness (QED) is 0.323. The zero-order valence-corrected chi connectivity index (χ0v) is 22.1. The predicted molar refractivity (Wildman–Crippen MR) is 145 cm³/mol. The van der Waals surface area contributed by atoms with E-state index in [1.54, 1.807) is 11.0 Å². The summed E-state index contributed by atoms with van der Waals surface area (Å²) in [6.07, 6.45) is 4.05. The number of halogens is 4. The van der Waals surface area contributed by atoms with Crippen LogP contribution in [-0.4, -0.2) is 59.2 Å². The molecule has 0 radical (unpaired) electrons. The van der Waals surface area contributed by atoms with Crippen LogP contribution in [0.3, 0.4) is 0 Å². The van der Waals surface area contributed by atoms with E-state index in [0.717, 1.165) is 30.7 Å². The molecule has 2 aliphatic rings. The maximum atomic E-state index is 16.4. The van der Waals surface area contributed by atoms with Gasteiger partial charge in [0.25, 0.3) is 0 Å². The molecule has 2 aliphatic heterocycles. The van der Waals surface area contributed by atoms with Crippen LogP contribution in [0.25, 0.3) is 32.2 Å². The van der Waals surface area contributed by atoms with Gasteiger partial charge in [-0.3, -0.25) is 0 Å². The maximum Gasteiger partial charge on any atom is 0.319 e. The molecule has 38 heavy (non-hydrogen) atoms. The molecular formula is C26H24ClF3N6OS. The minimum Gasteiger partial charge on any atom is -0.462 e. The molecule has 0 saturated carbocycles. The highest BCUT2D eigenvalue weighted by molar-refractivity contribution is 7.22. The van der Waals surface area contributed by atoms with E-state index in [4.69, 9.17) is 22.1 Å². The molecule has 1 atom stereocenters. The lowest BCUT2D eigenvalue weighted by Gasteiger charge is -2.27. The standard InChI is InChI=1S/C26H24ClF3N6OS/c1-35-8-3-5-14(35)12-37-26-33-21-16(24(34-26)36-9-2-4-13(28)11-36)10-17(27)19(20(21)30)15-6-7-18(29)23-22(15)32-25(31)38-23/h4,6-7,10,14H,2-3,5,8-9,11-12H2,1H3,(H2,31,32). The van der Waals surface area contributed by atoms with E-state index in [9.17, 15) is 8.78 Å². The number of likely N-dealkylation sites (tertiary alicyclic amines) is 1. The van der Waals surface area contributed by atoms with E-state index >= 15 is 4.39 Å². The van der Waals surface area contributed by atoms with Crippen LogP contribution < -0.4 is 15.4 Å². The fraction of sp³-hybridized carbons (Fsp3) is 0.346. The van der Waals surface area contributed by atoms with Crippen molar-refractivity contribution in [3.8, 4) is 17.1 Å². The number of rotatable bonds is 5. The Morgan fingerprint density at radius 3 is 2.76 bits per heavy atom. The van der Waals surface area contributed by atoms with Crippen molar-refractivity contribution in [1.82, 2.24) is 19.9 Å². The van der Waals surface area contributed by atoms with E-state index in [1.807, 2.05) is 7.05 Å². The fourth-order valence-corrected chi connectivity index (χ4v) is 6.21. The van der Waals surface area contributed by atoms with Gasteiger partial charge in [-0.15, -0.1) is 0 Å². The van der Waals surface area contributed by atoms with Crippen LogP contribution in [0, 0.1) is 11.6 Å². The smallest absolute Gasteiger partial charge is 0.319 e. The molecule has 198 valence electrons. The normalized spacial score (nSPS) is 18.5. The second kappa shape index (κ2) is 9.87. The SMILES string of the molecule is CN1CCCC1COc1nc(N2CCC=C(F)C2)c2cc(Cl)c(-c3ccc(F)c4sc(N)nc34)c(F)c2n1. The Kier molecular flexibility index (Phi) is 6.53. The van der Waals surface area contributed by atoms with Gasteiger partial charge in [0.15, 0.2) is 10.9 Å². The molecule has 0 bridgehead atoms. The first-order valence-electron chi connectivity index (χ1n) is 12.3. The molecule has 1 fully saturated rings. The topological polar surface area (TPSA) is 80.4 Å². The third-order valence-corrected chi connectivity index (χ3v) is 8.30. The van der Waals surface area contributed by atoms with Gasteiger partial charge in [-0.05, 0) is 57.1 Å². The second-order valence-electron chi connectivity index (χ2n) is 9.55. The average Bonchev–Trinajstić information content (AvgIpc) is 3.49. The maximum absolute atomic E-state index is 16.4. The van der Waals surface area contributed by atoms with Crippen LogP contribution in [0.1, 0.15) is 19.3 Å². The lowest BCUT2D eigenvalue weighted by molar-refractivity contribution is 0.188. The molecule has 7 nitrogen and oxygen atoms in total. The Morgan fingerprint density at radius 1 is 1.16 bits per heavy atom. The lowest BCUT2D eigenvalue weighted by atomic mass is 10.0. The van der Waals surface area contributed by atoms with Gasteiger partial charge in [0.1, 0.15) is 29.6 Å². The van der Waals surface area contributed by atoms with Crippen molar-refractivity contribution < 1.29 is 17.9 Å². The monoisotopic (exact) mass is 560 g/mol. The van der Waals surface area contributed by atoms with Crippen LogP contribution in [-0.2, 0) is 0 Å². The van der Waals surface area contributed by atoms with Gasteiger partial charge >= 0.3 is 6.01 Å². The molecule has 1 saturated heterocycles. The van der Waals surface area contributed by atoms with Crippen LogP contribution >= 0.6 is 22.9 Å². The number of benzene rings is 2. The number of fused-ring (bicyclic) bond motifs is 2. The van der Waals surface area contributed by atoms with Crippen LogP contribution in [0.4, 0.5) is 24.1 Å². The van der Waals surface area contributed by atoms with Crippen molar-refractivity contribution in [2.45, 2.75) is 25.3 Å². The van der Waals surface area contributed by atoms with E-state index in [2.05, 4.69) is 19.9 Å². The Balaban J connectivity index is 1.52. The van der Waals surface area contributed by atoms with Crippen molar-refractivity contribution in [2.24, 2.45) is 0 Å². The number of likely N-dealkylation sites (N-methyl/N-ethyl adjacent to an activating group) is 1.